The summed E-state index contributed by atoms with van der Waals surface area (Å²) in [4.78, 5) is 77.7. The van der Waals surface area contributed by atoms with Crippen molar-refractivity contribution in [1.82, 2.24) is 5.32 Å². The van der Waals surface area contributed by atoms with Crippen LogP contribution in [0.15, 0.2) is 0 Å². The van der Waals surface area contributed by atoms with Crippen LogP contribution in [-0.2, 0) is 52.2 Å². The molecule has 0 saturated carbocycles. The van der Waals surface area contributed by atoms with E-state index in [-0.39, 0.29) is 0 Å². The number of esters is 4. The van der Waals surface area contributed by atoms with Crippen molar-refractivity contribution in [2.45, 2.75) is 77.3 Å². The Hall–Kier alpha value is -2.54. The molecule has 0 radical (unpaired) electrons. The van der Waals surface area contributed by atoms with Crippen molar-refractivity contribution >= 4 is 37.4 Å². The molecule has 188 valence electrons. The molecule has 3 N–H and O–H groups in total. The summed E-state index contributed by atoms with van der Waals surface area (Å²) in [6, 6.07) is -1.28. The van der Waals surface area contributed by atoms with Crippen LogP contribution in [0.25, 0.3) is 0 Å². The van der Waals surface area contributed by atoms with Gasteiger partial charge in [0, 0.05) is 41.0 Å². The fourth-order valence-electron chi connectivity index (χ4n) is 3.28. The minimum absolute atomic E-state index is 0.500. The molecule has 33 heavy (non-hydrogen) atoms. The van der Waals surface area contributed by atoms with Crippen molar-refractivity contribution in [1.29, 1.82) is 0 Å². The Morgan fingerprint density at radius 1 is 0.970 bits per heavy atom. The number of rotatable bonds is 9. The van der Waals surface area contributed by atoms with Gasteiger partial charge in [-0.3, -0.25) is 28.5 Å². The molecule has 1 aliphatic heterocycles. The predicted octanol–water partition coefficient (Wildman–Crippen LogP) is -0.858. The molecule has 1 aliphatic rings. The van der Waals surface area contributed by atoms with E-state index in [9.17, 15) is 38.3 Å². The summed E-state index contributed by atoms with van der Waals surface area (Å²) >= 11 is 0. The van der Waals surface area contributed by atoms with Crippen LogP contribution in [0, 0.1) is 0 Å². The normalized spacial score (nSPS) is 24.6. The topological polar surface area (TPSA) is 201 Å². The van der Waals surface area contributed by atoms with Crippen molar-refractivity contribution in [3.05, 3.63) is 0 Å². The van der Waals surface area contributed by atoms with E-state index in [1.165, 1.54) is 0 Å². The Morgan fingerprint density at radius 3 is 1.97 bits per heavy atom. The van der Waals surface area contributed by atoms with Crippen molar-refractivity contribution in [3.63, 3.8) is 0 Å². The van der Waals surface area contributed by atoms with Crippen molar-refractivity contribution in [2.75, 3.05) is 6.61 Å². The molecule has 0 aromatic heterocycles. The minimum atomic E-state index is -4.94. The van der Waals surface area contributed by atoms with Gasteiger partial charge in [-0.25, -0.2) is 0 Å². The maximum atomic E-state index is 12.0. The van der Waals surface area contributed by atoms with Gasteiger partial charge in [0.1, 0.15) is 18.8 Å². The summed E-state index contributed by atoms with van der Waals surface area (Å²) in [6.45, 7) is 4.66. The van der Waals surface area contributed by atoms with Crippen LogP contribution in [-0.4, -0.2) is 82.5 Å². The van der Waals surface area contributed by atoms with Gasteiger partial charge in [0.25, 0.3) is 0 Å². The Bertz CT molecular complexity index is 809. The maximum absolute atomic E-state index is 12.0. The zero-order valence-corrected chi connectivity index (χ0v) is 19.6. The number of ether oxygens (including phenoxy) is 5. The smallest absolute Gasteiger partial charge is 0.354 e. The lowest BCUT2D eigenvalue weighted by Gasteiger charge is -2.45. The van der Waals surface area contributed by atoms with Gasteiger partial charge in [-0.2, -0.15) is 0 Å². The van der Waals surface area contributed by atoms with E-state index in [2.05, 4.69) is 5.32 Å². The first-order chi connectivity index (χ1) is 15.1. The van der Waals surface area contributed by atoms with Gasteiger partial charge in [0.05, 0.1) is 6.04 Å². The quantitative estimate of drug-likeness (QED) is 0.202. The van der Waals surface area contributed by atoms with Crippen LogP contribution in [0.1, 0.15) is 41.0 Å². The molecule has 14 nitrogen and oxygen atoms in total. The largest absolute Gasteiger partial charge is 0.462 e. The SMILES string of the molecule is CC(=O)NC1C(OC(C)=O)CC(P(=O)(O)O)OC1C(OC(C)=O)C(COC(C)=O)OC(C)=O. The molecule has 15 heteroatoms. The second kappa shape index (κ2) is 12.1. The molecule has 1 heterocycles. The summed E-state index contributed by atoms with van der Waals surface area (Å²) in [5, 5.41) is 2.45. The molecular formula is C18H28NO13P. The van der Waals surface area contributed by atoms with Gasteiger partial charge in [0.15, 0.2) is 18.1 Å². The summed E-state index contributed by atoms with van der Waals surface area (Å²) in [5.41, 5.74) is 0. The van der Waals surface area contributed by atoms with Crippen LogP contribution in [0.5, 0.6) is 0 Å². The average molecular weight is 497 g/mol. The lowest BCUT2D eigenvalue weighted by Crippen LogP contribution is -2.64. The first-order valence-corrected chi connectivity index (χ1v) is 11.4. The maximum Gasteiger partial charge on any atom is 0.354 e. The molecule has 0 aromatic carbocycles. The molecule has 6 unspecified atom stereocenters. The monoisotopic (exact) mass is 497 g/mol. The third-order valence-corrected chi connectivity index (χ3v) is 5.41. The summed E-state index contributed by atoms with van der Waals surface area (Å²) < 4.78 is 37.9. The highest BCUT2D eigenvalue weighted by molar-refractivity contribution is 7.52. The zero-order valence-electron chi connectivity index (χ0n) is 18.7. The van der Waals surface area contributed by atoms with Gasteiger partial charge in [-0.15, -0.1) is 0 Å². The number of carbonyl (C=O) groups excluding carboxylic acids is 5. The molecule has 6 atom stereocenters. The Kier molecular flexibility index (Phi) is 10.4. The van der Waals surface area contributed by atoms with Gasteiger partial charge in [-0.05, 0) is 0 Å². The molecule has 0 aromatic rings. The number of amides is 1. The molecule has 1 amide bonds. The molecule has 0 bridgehead atoms. The molecule has 1 saturated heterocycles. The van der Waals surface area contributed by atoms with E-state index >= 15 is 0 Å². The fourth-order valence-corrected chi connectivity index (χ4v) is 4.06. The van der Waals surface area contributed by atoms with Crippen LogP contribution in [0.4, 0.5) is 0 Å². The third-order valence-electron chi connectivity index (χ3n) is 4.33. The molecule has 1 rings (SSSR count). The first kappa shape index (κ1) is 28.5. The second-order valence-corrected chi connectivity index (χ2v) is 9.03. The van der Waals surface area contributed by atoms with E-state index < -0.39 is 86.7 Å². The highest BCUT2D eigenvalue weighted by Crippen LogP contribution is 2.48. The molecule has 1 fully saturated rings. The van der Waals surface area contributed by atoms with Gasteiger partial charge >= 0.3 is 31.5 Å². The fraction of sp³-hybridized carbons (Fsp3) is 0.722. The first-order valence-electron chi connectivity index (χ1n) is 9.74. The van der Waals surface area contributed by atoms with Crippen LogP contribution >= 0.6 is 7.60 Å². The van der Waals surface area contributed by atoms with Crippen molar-refractivity contribution < 1.29 is 62.0 Å². The lowest BCUT2D eigenvalue weighted by molar-refractivity contribution is -0.206. The predicted molar refractivity (Wildman–Crippen MR) is 106 cm³/mol. The molecule has 0 aliphatic carbocycles. The Morgan fingerprint density at radius 2 is 1.55 bits per heavy atom. The van der Waals surface area contributed by atoms with Crippen LogP contribution < -0.4 is 5.32 Å². The standard InChI is InChI=1S/C18H28NO13P/c1-8(20)19-16-13(29-10(3)22)6-15(33(25,26)27)32-18(16)17(31-12(5)24)14(30-11(4)23)7-28-9(2)21/h13-18H,6-7H2,1-5H3,(H,19,20)(H2,25,26,27). The molecular weight excluding hydrogens is 469 g/mol. The number of nitrogens with one attached hydrogen (secondary N) is 1. The van der Waals surface area contributed by atoms with Gasteiger partial charge < -0.3 is 38.8 Å². The summed E-state index contributed by atoms with van der Waals surface area (Å²) in [6.07, 6.45) is -6.53. The van der Waals surface area contributed by atoms with Gasteiger partial charge in [-0.1, -0.05) is 0 Å². The molecule has 0 spiro atoms. The lowest BCUT2D eigenvalue weighted by atomic mass is 9.92. The van der Waals surface area contributed by atoms with Crippen LogP contribution in [0.2, 0.25) is 0 Å². The highest BCUT2D eigenvalue weighted by atomic mass is 31.2. The minimum Gasteiger partial charge on any atom is -0.462 e. The van der Waals surface area contributed by atoms with Crippen LogP contribution in [0.3, 0.4) is 0 Å². The Labute approximate surface area is 189 Å². The third kappa shape index (κ3) is 9.46. The number of carbonyl (C=O) groups is 5. The number of hydrogen-bond donors (Lipinski definition) is 3. The van der Waals surface area contributed by atoms with Crippen molar-refractivity contribution in [3.8, 4) is 0 Å². The summed E-state index contributed by atoms with van der Waals surface area (Å²) in [7, 11) is -4.94. The van der Waals surface area contributed by atoms with E-state index in [0.29, 0.717) is 0 Å². The van der Waals surface area contributed by atoms with E-state index in [1.54, 1.807) is 0 Å². The highest BCUT2D eigenvalue weighted by Gasteiger charge is 2.52. The van der Waals surface area contributed by atoms with E-state index in [1.807, 2.05) is 0 Å². The van der Waals surface area contributed by atoms with Gasteiger partial charge in [0.2, 0.25) is 5.91 Å². The van der Waals surface area contributed by atoms with Crippen molar-refractivity contribution in [2.24, 2.45) is 0 Å². The number of hydrogen-bond acceptors (Lipinski definition) is 11. The van der Waals surface area contributed by atoms with E-state index in [0.717, 1.165) is 34.6 Å². The summed E-state index contributed by atoms with van der Waals surface area (Å²) in [5.74, 6) is -5.80. The Balaban J connectivity index is 3.57. The van der Waals surface area contributed by atoms with E-state index in [4.69, 9.17) is 23.7 Å². The average Bonchev–Trinajstić information content (AvgIpc) is 2.62. The second-order valence-electron chi connectivity index (χ2n) is 7.28. The zero-order chi connectivity index (χ0) is 25.5.